The van der Waals surface area contributed by atoms with Gasteiger partial charge in [0.05, 0.1) is 6.54 Å². The number of nitrogens with two attached hydrogens (primary N) is 1. The van der Waals surface area contributed by atoms with Crippen LogP contribution >= 0.6 is 0 Å². The molecule has 1 aromatic rings. The Kier molecular flexibility index (Phi) is 5.49. The monoisotopic (exact) mass is 279 g/mol. The topological polar surface area (TPSA) is 58.4 Å². The number of hydrogen-bond acceptors (Lipinski definition) is 3. The summed E-state index contributed by atoms with van der Waals surface area (Å²) < 4.78 is 12.8. The van der Waals surface area contributed by atoms with Gasteiger partial charge in [0.2, 0.25) is 5.91 Å². The number of carbonyl (C=O) groups excluding carboxylic acids is 1. The molecule has 1 atom stereocenters. The summed E-state index contributed by atoms with van der Waals surface area (Å²) in [6.07, 6.45) is 4.39. The van der Waals surface area contributed by atoms with Crippen molar-refractivity contribution < 1.29 is 9.18 Å². The summed E-state index contributed by atoms with van der Waals surface area (Å²) in [4.78, 5) is 14.2. The molecule has 3 N–H and O–H groups in total. The van der Waals surface area contributed by atoms with E-state index in [4.69, 9.17) is 5.73 Å². The van der Waals surface area contributed by atoms with Gasteiger partial charge in [-0.2, -0.15) is 0 Å². The molecular weight excluding hydrogens is 257 g/mol. The van der Waals surface area contributed by atoms with Crippen LogP contribution in [0.2, 0.25) is 0 Å². The van der Waals surface area contributed by atoms with E-state index in [1.807, 2.05) is 0 Å². The van der Waals surface area contributed by atoms with Gasteiger partial charge < -0.3 is 11.1 Å². The van der Waals surface area contributed by atoms with Crippen molar-refractivity contribution in [1.29, 1.82) is 0 Å². The lowest BCUT2D eigenvalue weighted by atomic mass is 9.99. The molecule has 5 heteroatoms. The lowest BCUT2D eigenvalue weighted by molar-refractivity contribution is -0.118. The third-order valence-electron chi connectivity index (χ3n) is 3.72. The lowest BCUT2D eigenvalue weighted by Gasteiger charge is -2.35. The van der Waals surface area contributed by atoms with E-state index in [1.54, 1.807) is 12.1 Å². The van der Waals surface area contributed by atoms with E-state index in [0.717, 1.165) is 25.8 Å². The average molecular weight is 279 g/mol. The Morgan fingerprint density at radius 3 is 2.80 bits per heavy atom. The number of benzene rings is 1. The number of carbonyl (C=O) groups is 1. The molecule has 1 fully saturated rings. The van der Waals surface area contributed by atoms with Crippen LogP contribution in [0.1, 0.15) is 25.7 Å². The number of amides is 1. The van der Waals surface area contributed by atoms with Crippen molar-refractivity contribution in [2.24, 2.45) is 5.73 Å². The van der Waals surface area contributed by atoms with E-state index < -0.39 is 0 Å². The minimum absolute atomic E-state index is 0.0551. The second-order valence-corrected chi connectivity index (χ2v) is 5.25. The standard InChI is InChI=1S/C15H22FN3O/c16-12-4-6-13(7-5-12)18-15(20)11-19-10-2-1-3-14(19)8-9-17/h4-7,14H,1-3,8-11,17H2,(H,18,20). The highest BCUT2D eigenvalue weighted by molar-refractivity contribution is 5.92. The number of piperidine rings is 1. The summed E-state index contributed by atoms with van der Waals surface area (Å²) in [6, 6.07) is 6.23. The Hall–Kier alpha value is -1.46. The Morgan fingerprint density at radius 1 is 1.35 bits per heavy atom. The predicted octanol–water partition coefficient (Wildman–Crippen LogP) is 1.97. The summed E-state index contributed by atoms with van der Waals surface area (Å²) in [5.74, 6) is -0.359. The van der Waals surface area contributed by atoms with E-state index >= 15 is 0 Å². The highest BCUT2D eigenvalue weighted by Gasteiger charge is 2.23. The molecule has 20 heavy (non-hydrogen) atoms. The smallest absolute Gasteiger partial charge is 0.238 e. The van der Waals surface area contributed by atoms with E-state index in [2.05, 4.69) is 10.2 Å². The number of rotatable bonds is 5. The van der Waals surface area contributed by atoms with Gasteiger partial charge in [0.25, 0.3) is 0 Å². The fourth-order valence-electron chi connectivity index (χ4n) is 2.71. The van der Waals surface area contributed by atoms with Crippen molar-refractivity contribution in [2.75, 3.05) is 25.0 Å². The first-order valence-corrected chi connectivity index (χ1v) is 7.18. The molecule has 0 aliphatic carbocycles. The molecule has 0 aromatic heterocycles. The van der Waals surface area contributed by atoms with Crippen LogP contribution in [0, 0.1) is 5.82 Å². The van der Waals surface area contributed by atoms with Gasteiger partial charge in [-0.25, -0.2) is 4.39 Å². The fourth-order valence-corrected chi connectivity index (χ4v) is 2.71. The van der Waals surface area contributed by atoms with Gasteiger partial charge in [0, 0.05) is 11.7 Å². The van der Waals surface area contributed by atoms with Gasteiger partial charge in [-0.15, -0.1) is 0 Å². The highest BCUT2D eigenvalue weighted by Crippen LogP contribution is 2.19. The lowest BCUT2D eigenvalue weighted by Crippen LogP contribution is -2.44. The molecule has 1 aliphatic rings. The molecule has 110 valence electrons. The maximum Gasteiger partial charge on any atom is 0.238 e. The van der Waals surface area contributed by atoms with E-state index in [1.165, 1.54) is 18.6 Å². The molecule has 0 spiro atoms. The first kappa shape index (κ1) is 14.9. The summed E-state index contributed by atoms with van der Waals surface area (Å²) in [6.45, 7) is 1.98. The summed E-state index contributed by atoms with van der Waals surface area (Å²) in [5.41, 5.74) is 6.26. The minimum Gasteiger partial charge on any atom is -0.330 e. The first-order valence-electron chi connectivity index (χ1n) is 7.18. The molecule has 1 aromatic carbocycles. The molecule has 4 nitrogen and oxygen atoms in total. The van der Waals surface area contributed by atoms with Crippen LogP contribution < -0.4 is 11.1 Å². The van der Waals surface area contributed by atoms with Crippen molar-refractivity contribution >= 4 is 11.6 Å². The molecule has 0 bridgehead atoms. The number of nitrogens with one attached hydrogen (secondary N) is 1. The van der Waals surface area contributed by atoms with E-state index in [-0.39, 0.29) is 11.7 Å². The van der Waals surface area contributed by atoms with Crippen LogP contribution in [0.15, 0.2) is 24.3 Å². The van der Waals surface area contributed by atoms with Crippen LogP contribution in [-0.2, 0) is 4.79 Å². The summed E-state index contributed by atoms with van der Waals surface area (Å²) in [5, 5.41) is 2.80. The maximum atomic E-state index is 12.8. The molecule has 1 amide bonds. The van der Waals surface area contributed by atoms with Crippen molar-refractivity contribution in [1.82, 2.24) is 4.90 Å². The molecule has 0 radical (unpaired) electrons. The Balaban J connectivity index is 1.87. The second-order valence-electron chi connectivity index (χ2n) is 5.25. The average Bonchev–Trinajstić information content (AvgIpc) is 2.44. The van der Waals surface area contributed by atoms with E-state index in [0.29, 0.717) is 24.8 Å². The molecule has 1 heterocycles. The maximum absolute atomic E-state index is 12.8. The zero-order chi connectivity index (χ0) is 14.4. The largest absolute Gasteiger partial charge is 0.330 e. The Labute approximate surface area is 119 Å². The second kappa shape index (κ2) is 7.36. The van der Waals surface area contributed by atoms with Crippen LogP contribution in [0.4, 0.5) is 10.1 Å². The number of halogens is 1. The van der Waals surface area contributed by atoms with Gasteiger partial charge in [-0.05, 0) is 56.6 Å². The zero-order valence-electron chi connectivity index (χ0n) is 11.6. The van der Waals surface area contributed by atoms with E-state index in [9.17, 15) is 9.18 Å². The quantitative estimate of drug-likeness (QED) is 0.866. The summed E-state index contributed by atoms with van der Waals surface area (Å²) >= 11 is 0. The normalized spacial score (nSPS) is 19.8. The van der Waals surface area contributed by atoms with Crippen LogP contribution in [0.3, 0.4) is 0 Å². The van der Waals surface area contributed by atoms with Crippen LogP contribution in [0.5, 0.6) is 0 Å². The Morgan fingerprint density at radius 2 is 2.10 bits per heavy atom. The van der Waals surface area contributed by atoms with Crippen molar-refractivity contribution in [3.8, 4) is 0 Å². The van der Waals surface area contributed by atoms with Gasteiger partial charge in [0.1, 0.15) is 5.82 Å². The minimum atomic E-state index is -0.304. The molecule has 0 saturated carbocycles. The van der Waals surface area contributed by atoms with Crippen molar-refractivity contribution in [2.45, 2.75) is 31.7 Å². The number of anilines is 1. The van der Waals surface area contributed by atoms with Gasteiger partial charge >= 0.3 is 0 Å². The van der Waals surface area contributed by atoms with Crippen molar-refractivity contribution in [3.63, 3.8) is 0 Å². The first-order chi connectivity index (χ1) is 9.69. The zero-order valence-corrected chi connectivity index (χ0v) is 11.6. The molecule has 2 rings (SSSR count). The highest BCUT2D eigenvalue weighted by atomic mass is 19.1. The van der Waals surface area contributed by atoms with Gasteiger partial charge in [-0.3, -0.25) is 9.69 Å². The number of likely N-dealkylation sites (tertiary alicyclic amines) is 1. The summed E-state index contributed by atoms with van der Waals surface area (Å²) in [7, 11) is 0. The fraction of sp³-hybridized carbons (Fsp3) is 0.533. The molecular formula is C15H22FN3O. The third-order valence-corrected chi connectivity index (χ3v) is 3.72. The SMILES string of the molecule is NCCC1CCCCN1CC(=O)Nc1ccc(F)cc1. The number of nitrogens with zero attached hydrogens (tertiary/aromatic N) is 1. The molecule has 1 unspecified atom stereocenters. The van der Waals surface area contributed by atoms with Crippen LogP contribution in [-0.4, -0.2) is 36.5 Å². The van der Waals surface area contributed by atoms with Crippen LogP contribution in [0.25, 0.3) is 0 Å². The third kappa shape index (κ3) is 4.28. The van der Waals surface area contributed by atoms with Gasteiger partial charge in [0.15, 0.2) is 0 Å². The number of hydrogen-bond donors (Lipinski definition) is 2. The van der Waals surface area contributed by atoms with Crippen molar-refractivity contribution in [3.05, 3.63) is 30.1 Å². The predicted molar refractivity (Wildman–Crippen MR) is 77.9 cm³/mol. The van der Waals surface area contributed by atoms with Gasteiger partial charge in [-0.1, -0.05) is 6.42 Å². The molecule has 1 saturated heterocycles. The Bertz CT molecular complexity index is 433. The molecule has 1 aliphatic heterocycles.